The van der Waals surface area contributed by atoms with Crippen LogP contribution in [0.2, 0.25) is 0 Å². The van der Waals surface area contributed by atoms with Gasteiger partial charge in [-0.2, -0.15) is 0 Å². The van der Waals surface area contributed by atoms with Crippen molar-refractivity contribution in [1.29, 1.82) is 0 Å². The first-order valence-electron chi connectivity index (χ1n) is 23.5. The van der Waals surface area contributed by atoms with E-state index in [0.717, 1.165) is 70.6 Å². The maximum atomic E-state index is 12.7. The third-order valence-electron chi connectivity index (χ3n) is 9.75. The molecule has 0 rings (SSSR count). The van der Waals surface area contributed by atoms with E-state index in [0.29, 0.717) is 13.0 Å². The Kier molecular flexibility index (Phi) is 42.5. The number of ether oxygens (including phenoxy) is 2. The third kappa shape index (κ3) is 43.5. The van der Waals surface area contributed by atoms with Crippen LogP contribution in [-0.2, 0) is 32.7 Å². The number of nitrogens with two attached hydrogens (primary N) is 1. The quantitative estimate of drug-likeness (QED) is 0.0233. The van der Waals surface area contributed by atoms with E-state index in [1.807, 2.05) is 0 Å². The van der Waals surface area contributed by atoms with Crippen molar-refractivity contribution in [3.05, 3.63) is 72.9 Å². The highest BCUT2D eigenvalue weighted by atomic mass is 31.2. The molecule has 0 aliphatic heterocycles. The van der Waals surface area contributed by atoms with Crippen LogP contribution in [-0.4, -0.2) is 60.5 Å². The molecule has 60 heavy (non-hydrogen) atoms. The van der Waals surface area contributed by atoms with Crippen molar-refractivity contribution >= 4 is 19.8 Å². The summed E-state index contributed by atoms with van der Waals surface area (Å²) < 4.78 is 33.4. The molecule has 4 N–H and O–H groups in total. The molecule has 0 bridgehead atoms. The molecule has 0 aromatic rings. The van der Waals surface area contributed by atoms with Gasteiger partial charge >= 0.3 is 19.8 Å². The topological polar surface area (TPSA) is 155 Å². The van der Waals surface area contributed by atoms with Crippen LogP contribution >= 0.6 is 7.82 Å². The number of esters is 1. The molecule has 10 nitrogen and oxygen atoms in total. The van der Waals surface area contributed by atoms with Gasteiger partial charge in [-0.3, -0.25) is 18.6 Å². The van der Waals surface area contributed by atoms with Crippen molar-refractivity contribution in [1.82, 2.24) is 0 Å². The average Bonchev–Trinajstić information content (AvgIpc) is 3.23. The molecule has 0 heterocycles. The number of carbonyl (C=O) groups is 2. The Labute approximate surface area is 365 Å². The first-order chi connectivity index (χ1) is 29.2. The first kappa shape index (κ1) is 57.4. The van der Waals surface area contributed by atoms with Crippen LogP contribution in [0.15, 0.2) is 72.9 Å². The Morgan fingerprint density at radius 1 is 0.550 bits per heavy atom. The predicted molar refractivity (Wildman–Crippen MR) is 249 cm³/mol. The number of phosphoric ester groups is 1. The lowest BCUT2D eigenvalue weighted by Crippen LogP contribution is -2.34. The van der Waals surface area contributed by atoms with Crippen LogP contribution < -0.4 is 5.73 Å². The van der Waals surface area contributed by atoms with Gasteiger partial charge in [-0.1, -0.05) is 189 Å². The van der Waals surface area contributed by atoms with Gasteiger partial charge < -0.3 is 25.2 Å². The van der Waals surface area contributed by atoms with Gasteiger partial charge in [0.15, 0.2) is 0 Å². The van der Waals surface area contributed by atoms with E-state index in [1.165, 1.54) is 89.9 Å². The molecule has 3 atom stereocenters. The molecule has 0 aromatic heterocycles. The summed E-state index contributed by atoms with van der Waals surface area (Å²) in [7, 11) is -4.63. The van der Waals surface area contributed by atoms with Gasteiger partial charge in [0.2, 0.25) is 0 Å². The molecule has 0 spiro atoms. The zero-order chi connectivity index (χ0) is 44.0. The summed E-state index contributed by atoms with van der Waals surface area (Å²) in [5.74, 6) is -1.82. The van der Waals surface area contributed by atoms with E-state index < -0.39 is 45.1 Å². The zero-order valence-electron chi connectivity index (χ0n) is 37.8. The second-order valence-corrected chi connectivity index (χ2v) is 17.0. The minimum atomic E-state index is -4.63. The standard InChI is InChI=1S/C49H86NO9P/c1-3-5-7-9-11-13-15-17-19-21-22-23-24-25-27-29-31-33-35-37-39-41-48(51)59-46(44-57-60(54,55)58-45-47(50)49(52)53)43-56-42-40-38-36-34-32-30-28-26-20-18-16-14-12-10-8-6-4-2/h5,7,11,13,17,19,22-23,25,27,31,33,46-47H,3-4,6,8-10,12,14-16,18,20-21,24,26,28-30,32,34-45,50H2,1-2H3,(H,52,53)(H,54,55)/b7-5-,13-11-,19-17-,23-22-,27-25-,33-31-. The minimum Gasteiger partial charge on any atom is -0.480 e. The number of unbranched alkanes of at least 4 members (excludes halogenated alkanes) is 18. The number of carbonyl (C=O) groups excluding carboxylic acids is 1. The molecular weight excluding hydrogens is 778 g/mol. The lowest BCUT2D eigenvalue weighted by atomic mass is 10.0. The highest BCUT2D eigenvalue weighted by Gasteiger charge is 2.27. The van der Waals surface area contributed by atoms with Crippen molar-refractivity contribution in [2.24, 2.45) is 5.73 Å². The summed E-state index contributed by atoms with van der Waals surface area (Å²) in [4.78, 5) is 33.6. The van der Waals surface area contributed by atoms with Gasteiger partial charge in [0, 0.05) is 13.0 Å². The molecule has 0 aliphatic carbocycles. The van der Waals surface area contributed by atoms with Crippen LogP contribution in [0, 0.1) is 0 Å². The van der Waals surface area contributed by atoms with Crippen molar-refractivity contribution in [2.45, 2.75) is 199 Å². The van der Waals surface area contributed by atoms with Crippen LogP contribution in [0.3, 0.4) is 0 Å². The van der Waals surface area contributed by atoms with E-state index in [-0.39, 0.29) is 13.0 Å². The van der Waals surface area contributed by atoms with E-state index in [4.69, 9.17) is 29.4 Å². The molecule has 0 fully saturated rings. The van der Waals surface area contributed by atoms with Crippen molar-refractivity contribution in [2.75, 3.05) is 26.4 Å². The number of phosphoric acid groups is 1. The van der Waals surface area contributed by atoms with Crippen molar-refractivity contribution in [3.8, 4) is 0 Å². The second kappa shape index (κ2) is 44.5. The van der Waals surface area contributed by atoms with Gasteiger partial charge in [0.25, 0.3) is 0 Å². The Balaban J connectivity index is 4.30. The number of hydrogen-bond acceptors (Lipinski definition) is 8. The summed E-state index contributed by atoms with van der Waals surface area (Å²) in [6.07, 6.45) is 55.3. The fourth-order valence-electron chi connectivity index (χ4n) is 6.14. The lowest BCUT2D eigenvalue weighted by molar-refractivity contribution is -0.154. The van der Waals surface area contributed by atoms with Crippen LogP contribution in [0.4, 0.5) is 0 Å². The van der Waals surface area contributed by atoms with Gasteiger partial charge in [-0.25, -0.2) is 4.57 Å². The molecule has 0 saturated carbocycles. The molecule has 0 amide bonds. The molecule has 0 aromatic carbocycles. The van der Waals surface area contributed by atoms with Crippen molar-refractivity contribution in [3.63, 3.8) is 0 Å². The molecule has 0 radical (unpaired) electrons. The van der Waals surface area contributed by atoms with Crippen molar-refractivity contribution < 1.29 is 42.7 Å². The summed E-state index contributed by atoms with van der Waals surface area (Å²) in [5.41, 5.74) is 5.36. The van der Waals surface area contributed by atoms with Crippen LogP contribution in [0.1, 0.15) is 187 Å². The molecule has 346 valence electrons. The summed E-state index contributed by atoms with van der Waals surface area (Å²) in [6.45, 7) is 3.72. The molecule has 0 saturated heterocycles. The minimum absolute atomic E-state index is 0.00221. The Bertz CT molecular complexity index is 1230. The first-order valence-corrected chi connectivity index (χ1v) is 25.0. The lowest BCUT2D eigenvalue weighted by Gasteiger charge is -2.20. The number of allylic oxidation sites excluding steroid dienone is 12. The molecular formula is C49H86NO9P. The fourth-order valence-corrected chi connectivity index (χ4v) is 6.91. The van der Waals surface area contributed by atoms with E-state index in [1.54, 1.807) is 0 Å². The van der Waals surface area contributed by atoms with E-state index in [2.05, 4.69) is 86.8 Å². The van der Waals surface area contributed by atoms with Crippen LogP contribution in [0.25, 0.3) is 0 Å². The Morgan fingerprint density at radius 2 is 0.967 bits per heavy atom. The van der Waals surface area contributed by atoms with Gasteiger partial charge in [-0.15, -0.1) is 0 Å². The smallest absolute Gasteiger partial charge is 0.472 e. The average molecular weight is 864 g/mol. The Morgan fingerprint density at radius 3 is 1.42 bits per heavy atom. The fraction of sp³-hybridized carbons (Fsp3) is 0.714. The number of aliphatic carboxylic acids is 1. The summed E-state index contributed by atoms with van der Waals surface area (Å²) in [5, 5.41) is 8.91. The highest BCUT2D eigenvalue weighted by molar-refractivity contribution is 7.47. The van der Waals surface area contributed by atoms with E-state index in [9.17, 15) is 19.0 Å². The SMILES string of the molecule is CC/C=C\C/C=C\C/C=C\C/C=C\C/C=C\C/C=C\CCCCC(=O)OC(COCCCCCCCCCCCCCCCCCCC)COP(=O)(O)OCC(N)C(=O)O. The maximum Gasteiger partial charge on any atom is 0.472 e. The van der Waals surface area contributed by atoms with Gasteiger partial charge in [0.05, 0.1) is 19.8 Å². The molecule has 3 unspecified atom stereocenters. The third-order valence-corrected chi connectivity index (χ3v) is 10.7. The molecule has 0 aliphatic rings. The second-order valence-electron chi connectivity index (χ2n) is 15.5. The predicted octanol–water partition coefficient (Wildman–Crippen LogP) is 13.4. The number of carboxylic acid groups (broad SMARTS) is 1. The van der Waals surface area contributed by atoms with Gasteiger partial charge in [-0.05, 0) is 64.2 Å². The number of hydrogen-bond donors (Lipinski definition) is 3. The summed E-state index contributed by atoms with van der Waals surface area (Å²) >= 11 is 0. The maximum absolute atomic E-state index is 12.7. The van der Waals surface area contributed by atoms with E-state index >= 15 is 0 Å². The van der Waals surface area contributed by atoms with Gasteiger partial charge in [0.1, 0.15) is 12.1 Å². The number of rotatable bonds is 44. The van der Waals surface area contributed by atoms with Crippen LogP contribution in [0.5, 0.6) is 0 Å². The normalized spacial score (nSPS) is 14.5. The zero-order valence-corrected chi connectivity index (χ0v) is 38.7. The largest absolute Gasteiger partial charge is 0.480 e. The Hall–Kier alpha value is -2.59. The number of carboxylic acids is 1. The highest BCUT2D eigenvalue weighted by Crippen LogP contribution is 2.43. The molecule has 11 heteroatoms. The monoisotopic (exact) mass is 864 g/mol. The summed E-state index contributed by atoms with van der Waals surface area (Å²) in [6, 6.07) is -1.48.